The van der Waals surface area contributed by atoms with Crippen molar-refractivity contribution in [2.45, 2.75) is 106 Å². The van der Waals surface area contributed by atoms with E-state index in [1.54, 1.807) is 7.11 Å². The largest absolute Gasteiger partial charge is 0.379 e. The number of likely N-dealkylation sites (tertiary alicyclic amines) is 1. The molecule has 0 spiro atoms. The predicted octanol–water partition coefficient (Wildman–Crippen LogP) is 3.58. The number of terminal acetylenes is 1. The van der Waals surface area contributed by atoms with E-state index in [4.69, 9.17) is 4.74 Å². The lowest BCUT2D eigenvalue weighted by atomic mass is 10.2. The average molecular weight is 486 g/mol. The molecule has 1 aliphatic heterocycles. The lowest BCUT2D eigenvalue weighted by Crippen LogP contribution is -2.48. The van der Waals surface area contributed by atoms with E-state index in [2.05, 4.69) is 44.3 Å². The highest BCUT2D eigenvalue weighted by Crippen LogP contribution is 2.21. The van der Waals surface area contributed by atoms with Gasteiger partial charge in [-0.2, -0.15) is 0 Å². The van der Waals surface area contributed by atoms with Gasteiger partial charge in [-0.3, -0.25) is 19.2 Å². The van der Waals surface area contributed by atoms with Gasteiger partial charge in [0.2, 0.25) is 18.2 Å². The maximum Gasteiger partial charge on any atom is 0.243 e. The molecule has 200 valence electrons. The molecular formula is C26H51N3O5. The van der Waals surface area contributed by atoms with Crippen LogP contribution >= 0.6 is 0 Å². The lowest BCUT2D eigenvalue weighted by Gasteiger charge is -2.22. The third-order valence-electron chi connectivity index (χ3n) is 3.64. The normalized spacial score (nSPS) is 15.6. The zero-order valence-corrected chi connectivity index (χ0v) is 23.5. The van der Waals surface area contributed by atoms with Crippen LogP contribution in [-0.4, -0.2) is 66.8 Å². The third kappa shape index (κ3) is 24.2. The number of ketones is 1. The number of nitrogens with one attached hydrogen (secondary N) is 2. The quantitative estimate of drug-likeness (QED) is 0.457. The molecule has 8 heteroatoms. The fraction of sp³-hybridized carbons (Fsp3) is 0.769. The van der Waals surface area contributed by atoms with Gasteiger partial charge in [0.15, 0.2) is 5.78 Å². The molecule has 1 atom stereocenters. The standard InChI is InChI=1S/C11H15N3O4.C5H12O.C4H10.2C2H6.C2H2/c15-6-12-4-10(17)14-5-8(16)3-9(14)11(18)13-7-1-2-7;1-5(2,3)6-4;1-4(2)3;3*1-2/h6-7,9H,1-5H2,(H,12,15)(H,13,18);1-4H3;4H,1-3H3;2*1-2H3;1-2H/t9-;;;;;/m0...../s1. The number of rotatable bonds is 5. The SMILES string of the molecule is C#C.CC.CC.CC(C)C.COC(C)(C)C.O=CNCC(=O)N1CC(=O)C[C@H]1C(=O)NC1CC1. The summed E-state index contributed by atoms with van der Waals surface area (Å²) in [6.07, 6.45) is 10.4. The summed E-state index contributed by atoms with van der Waals surface area (Å²) in [6, 6.07) is -0.530. The number of methoxy groups -OCH3 is 1. The van der Waals surface area contributed by atoms with E-state index >= 15 is 0 Å². The van der Waals surface area contributed by atoms with Crippen molar-refractivity contribution in [2.24, 2.45) is 5.92 Å². The fourth-order valence-electron chi connectivity index (χ4n) is 1.94. The van der Waals surface area contributed by atoms with Gasteiger partial charge in [-0.25, -0.2) is 0 Å². The summed E-state index contributed by atoms with van der Waals surface area (Å²) in [5.41, 5.74) is 0.0417. The molecule has 1 saturated heterocycles. The summed E-state index contributed by atoms with van der Waals surface area (Å²) >= 11 is 0. The van der Waals surface area contributed by atoms with Crippen molar-refractivity contribution < 1.29 is 23.9 Å². The summed E-state index contributed by atoms with van der Waals surface area (Å²) in [7, 11) is 1.71. The van der Waals surface area contributed by atoms with Crippen LogP contribution in [0.5, 0.6) is 0 Å². The smallest absolute Gasteiger partial charge is 0.243 e. The third-order valence-corrected chi connectivity index (χ3v) is 3.64. The Morgan fingerprint density at radius 1 is 1.12 bits per heavy atom. The molecule has 34 heavy (non-hydrogen) atoms. The topological polar surface area (TPSA) is 105 Å². The Morgan fingerprint density at radius 2 is 1.53 bits per heavy atom. The van der Waals surface area contributed by atoms with E-state index in [0.717, 1.165) is 18.8 Å². The number of Topliss-reactive ketones (excluding diaryl/α,β-unsaturated/α-hetero) is 1. The first-order valence-corrected chi connectivity index (χ1v) is 12.1. The zero-order valence-electron chi connectivity index (χ0n) is 23.5. The van der Waals surface area contributed by atoms with Crippen LogP contribution in [0.1, 0.15) is 88.5 Å². The Kier molecular flexibility index (Phi) is 27.1. The number of nitrogens with zero attached hydrogens (tertiary/aromatic N) is 1. The van der Waals surface area contributed by atoms with Crippen LogP contribution < -0.4 is 10.6 Å². The van der Waals surface area contributed by atoms with Gasteiger partial charge in [0.05, 0.1) is 18.7 Å². The molecule has 2 N–H and O–H groups in total. The highest BCUT2D eigenvalue weighted by molar-refractivity contribution is 5.99. The number of carbonyl (C=O) groups is 4. The molecule has 0 unspecified atom stereocenters. The molecular weight excluding hydrogens is 434 g/mol. The summed E-state index contributed by atoms with van der Waals surface area (Å²) in [6.45, 7) is 20.3. The van der Waals surface area contributed by atoms with Crippen LogP contribution in [0.4, 0.5) is 0 Å². The van der Waals surface area contributed by atoms with Crippen LogP contribution in [0.25, 0.3) is 0 Å². The van der Waals surface area contributed by atoms with Gasteiger partial charge >= 0.3 is 0 Å². The molecule has 0 aromatic heterocycles. The van der Waals surface area contributed by atoms with Crippen molar-refractivity contribution in [1.29, 1.82) is 0 Å². The molecule has 0 radical (unpaired) electrons. The molecule has 1 saturated carbocycles. The zero-order chi connectivity index (χ0) is 27.9. The molecule has 1 aliphatic carbocycles. The van der Waals surface area contributed by atoms with Crippen molar-refractivity contribution in [2.75, 3.05) is 20.2 Å². The summed E-state index contributed by atoms with van der Waals surface area (Å²) in [5.74, 6) is 0.0112. The number of hydrogen-bond donors (Lipinski definition) is 2. The van der Waals surface area contributed by atoms with E-state index in [1.165, 1.54) is 4.90 Å². The van der Waals surface area contributed by atoms with Gasteiger partial charge in [-0.1, -0.05) is 48.5 Å². The highest BCUT2D eigenvalue weighted by atomic mass is 16.5. The number of ether oxygens (including phenoxy) is 1. The minimum Gasteiger partial charge on any atom is -0.379 e. The van der Waals surface area contributed by atoms with Gasteiger partial charge in [0, 0.05) is 19.6 Å². The summed E-state index contributed by atoms with van der Waals surface area (Å²) in [5, 5.41) is 5.02. The molecule has 0 bridgehead atoms. The van der Waals surface area contributed by atoms with E-state index in [9.17, 15) is 19.2 Å². The molecule has 2 rings (SSSR count). The second-order valence-corrected chi connectivity index (χ2v) is 8.61. The van der Waals surface area contributed by atoms with Crippen molar-refractivity contribution in [1.82, 2.24) is 15.5 Å². The first-order chi connectivity index (χ1) is 15.9. The molecule has 3 amide bonds. The minimum atomic E-state index is -0.723. The monoisotopic (exact) mass is 485 g/mol. The maximum atomic E-state index is 11.9. The summed E-state index contributed by atoms with van der Waals surface area (Å²) in [4.78, 5) is 46.4. The van der Waals surface area contributed by atoms with Gasteiger partial charge in [0.25, 0.3) is 0 Å². The van der Waals surface area contributed by atoms with Crippen LogP contribution in [-0.2, 0) is 23.9 Å². The summed E-state index contributed by atoms with van der Waals surface area (Å²) < 4.78 is 4.94. The molecule has 2 fully saturated rings. The van der Waals surface area contributed by atoms with Crippen LogP contribution in [0.2, 0.25) is 0 Å². The second-order valence-electron chi connectivity index (χ2n) is 8.61. The maximum absolute atomic E-state index is 11.9. The molecule has 1 heterocycles. The average Bonchev–Trinajstić information content (AvgIpc) is 3.53. The Morgan fingerprint density at radius 3 is 1.85 bits per heavy atom. The van der Waals surface area contributed by atoms with Crippen LogP contribution in [0, 0.1) is 18.8 Å². The Labute approximate surface area is 208 Å². The van der Waals surface area contributed by atoms with Crippen LogP contribution in [0.3, 0.4) is 0 Å². The minimum absolute atomic E-state index is 0.0417. The predicted molar refractivity (Wildman–Crippen MR) is 140 cm³/mol. The van der Waals surface area contributed by atoms with E-state index < -0.39 is 11.9 Å². The number of hydrogen-bond acceptors (Lipinski definition) is 5. The second kappa shape index (κ2) is 23.7. The van der Waals surface area contributed by atoms with Crippen molar-refractivity contribution in [3.63, 3.8) is 0 Å². The first kappa shape index (κ1) is 38.8. The molecule has 8 nitrogen and oxygen atoms in total. The lowest BCUT2D eigenvalue weighted by molar-refractivity contribution is -0.138. The van der Waals surface area contributed by atoms with Crippen molar-refractivity contribution in [3.8, 4) is 12.8 Å². The van der Waals surface area contributed by atoms with E-state index in [1.807, 2.05) is 48.5 Å². The fourth-order valence-corrected chi connectivity index (χ4v) is 1.94. The van der Waals surface area contributed by atoms with Gasteiger partial charge in [-0.05, 0) is 39.5 Å². The van der Waals surface area contributed by atoms with Crippen molar-refractivity contribution >= 4 is 24.0 Å². The van der Waals surface area contributed by atoms with E-state index in [-0.39, 0.29) is 42.8 Å². The highest BCUT2D eigenvalue weighted by Gasteiger charge is 2.39. The van der Waals surface area contributed by atoms with Gasteiger partial charge in [0.1, 0.15) is 6.04 Å². The Hall–Kier alpha value is -2.40. The van der Waals surface area contributed by atoms with Gasteiger partial charge < -0.3 is 20.3 Å². The Balaban J connectivity index is -0.000000234. The van der Waals surface area contributed by atoms with E-state index in [0.29, 0.717) is 6.41 Å². The number of amides is 3. The van der Waals surface area contributed by atoms with Crippen LogP contribution in [0.15, 0.2) is 0 Å². The number of carbonyl (C=O) groups excluding carboxylic acids is 4. The Bertz CT molecular complexity index is 562. The first-order valence-electron chi connectivity index (χ1n) is 12.1. The van der Waals surface area contributed by atoms with Gasteiger partial charge in [-0.15, -0.1) is 12.8 Å². The molecule has 0 aromatic rings. The molecule has 2 aliphatic rings. The van der Waals surface area contributed by atoms with Crippen molar-refractivity contribution in [3.05, 3.63) is 0 Å². The molecule has 0 aromatic carbocycles.